The highest BCUT2D eigenvalue weighted by Crippen LogP contribution is 2.35. The van der Waals surface area contributed by atoms with Crippen molar-refractivity contribution < 1.29 is 13.8 Å². The Balaban J connectivity index is 0.00000167. The molecule has 10 heteroatoms. The van der Waals surface area contributed by atoms with Crippen LogP contribution in [0.1, 0.15) is 39.4 Å². The first-order valence-electron chi connectivity index (χ1n) is 15.0. The van der Waals surface area contributed by atoms with Crippen molar-refractivity contribution >= 4 is 40.6 Å². The van der Waals surface area contributed by atoms with E-state index >= 15 is 0 Å². The molecule has 228 valence electrons. The Bertz CT molecular complexity index is 1750. The van der Waals surface area contributed by atoms with Crippen LogP contribution in [-0.4, -0.2) is 53.3 Å². The van der Waals surface area contributed by atoms with Crippen molar-refractivity contribution in [1.29, 1.82) is 10.8 Å². The Labute approximate surface area is 260 Å². The SMILES string of the molecule is N=C(c1ccc(CN2CCC(NC(=O)Nc3ccc4c(c3)CCO4)CC2)cc1)N1C(=N)c2ccccc2Nc2ncccc21.[HH].[HH].[HH]. The minimum absolute atomic E-state index is 0. The lowest BCUT2D eigenvalue weighted by molar-refractivity contribution is 0.190. The number of carbonyl (C=O) groups excluding carboxylic acids is 1. The molecule has 1 fully saturated rings. The number of amides is 2. The number of urea groups is 1. The summed E-state index contributed by atoms with van der Waals surface area (Å²) < 4.78 is 5.55. The molecular weight excluding hydrogens is 552 g/mol. The average molecular weight is 593 g/mol. The summed E-state index contributed by atoms with van der Waals surface area (Å²) in [5, 5.41) is 27.5. The minimum Gasteiger partial charge on any atom is -0.493 e. The second kappa shape index (κ2) is 11.8. The van der Waals surface area contributed by atoms with Crippen LogP contribution in [0, 0.1) is 10.8 Å². The highest BCUT2D eigenvalue weighted by atomic mass is 16.5. The first-order valence-corrected chi connectivity index (χ1v) is 15.0. The van der Waals surface area contributed by atoms with Crippen molar-refractivity contribution in [1.82, 2.24) is 15.2 Å². The van der Waals surface area contributed by atoms with E-state index in [1.807, 2.05) is 66.7 Å². The van der Waals surface area contributed by atoms with E-state index in [4.69, 9.17) is 15.6 Å². The second-order valence-corrected chi connectivity index (χ2v) is 11.3. The Morgan fingerprint density at radius 3 is 2.70 bits per heavy atom. The fourth-order valence-corrected chi connectivity index (χ4v) is 6.08. The molecule has 2 amide bonds. The van der Waals surface area contributed by atoms with E-state index in [2.05, 4.69) is 38.0 Å². The Morgan fingerprint density at radius 1 is 1.05 bits per heavy atom. The maximum atomic E-state index is 12.6. The van der Waals surface area contributed by atoms with Gasteiger partial charge in [0, 0.05) is 59.4 Å². The number of fused-ring (bicyclic) bond motifs is 3. The summed E-state index contributed by atoms with van der Waals surface area (Å²) in [6.07, 6.45) is 4.35. The molecule has 10 nitrogen and oxygen atoms in total. The van der Waals surface area contributed by atoms with Crippen LogP contribution in [0.15, 0.2) is 85.1 Å². The molecule has 5 N–H and O–H groups in total. The number of hydrogen-bond donors (Lipinski definition) is 5. The number of pyridine rings is 1. The standard InChI is InChI=1S/C34H34N8O2.3H2/c35-31(42-29-6-3-16-37-33(29)40-28-5-2-1-4-27(28)32(42)36)23-9-7-22(8-10-23)21-41-17-13-25(14-18-41)38-34(43)39-26-11-12-30-24(20-26)15-19-44-30;;;/h1-12,16,20,25,35-36H,13-15,17-19,21H2,(H,37,40)(H2,38,39,43);3*1H. The van der Waals surface area contributed by atoms with Gasteiger partial charge in [0.15, 0.2) is 5.82 Å². The second-order valence-electron chi connectivity index (χ2n) is 11.3. The van der Waals surface area contributed by atoms with Crippen LogP contribution < -0.4 is 25.6 Å². The number of piperidine rings is 1. The molecule has 0 unspecified atom stereocenters. The zero-order chi connectivity index (χ0) is 30.0. The van der Waals surface area contributed by atoms with Gasteiger partial charge in [0.1, 0.15) is 17.4 Å². The van der Waals surface area contributed by atoms with Gasteiger partial charge in [0.25, 0.3) is 0 Å². The van der Waals surface area contributed by atoms with Gasteiger partial charge in [-0.05, 0) is 66.4 Å². The van der Waals surface area contributed by atoms with E-state index in [0.717, 1.165) is 72.7 Å². The van der Waals surface area contributed by atoms with E-state index in [1.165, 1.54) is 0 Å². The molecule has 3 aromatic carbocycles. The molecule has 1 saturated heterocycles. The summed E-state index contributed by atoms with van der Waals surface area (Å²) in [4.78, 5) is 21.1. The Kier molecular flexibility index (Phi) is 7.41. The molecule has 4 heterocycles. The van der Waals surface area contributed by atoms with Crippen LogP contribution in [0.3, 0.4) is 0 Å². The molecule has 0 saturated carbocycles. The van der Waals surface area contributed by atoms with Crippen molar-refractivity contribution in [3.63, 3.8) is 0 Å². The summed E-state index contributed by atoms with van der Waals surface area (Å²) in [7, 11) is 0. The van der Waals surface area contributed by atoms with Crippen LogP contribution in [-0.2, 0) is 13.0 Å². The predicted octanol–water partition coefficient (Wildman–Crippen LogP) is 6.46. The number of nitrogens with zero attached hydrogens (tertiary/aromatic N) is 3. The maximum absolute atomic E-state index is 12.6. The van der Waals surface area contributed by atoms with Gasteiger partial charge in [-0.2, -0.15) is 0 Å². The molecule has 0 atom stereocenters. The van der Waals surface area contributed by atoms with E-state index in [0.29, 0.717) is 23.7 Å². The summed E-state index contributed by atoms with van der Waals surface area (Å²) in [6.45, 7) is 3.27. The highest BCUT2D eigenvalue weighted by Gasteiger charge is 2.28. The molecule has 0 aliphatic carbocycles. The summed E-state index contributed by atoms with van der Waals surface area (Å²) in [5.74, 6) is 1.95. The van der Waals surface area contributed by atoms with E-state index in [1.54, 1.807) is 11.1 Å². The van der Waals surface area contributed by atoms with Crippen molar-refractivity contribution in [3.8, 4) is 5.75 Å². The van der Waals surface area contributed by atoms with Crippen molar-refractivity contribution in [2.24, 2.45) is 0 Å². The third-order valence-corrected chi connectivity index (χ3v) is 8.41. The van der Waals surface area contributed by atoms with Crippen LogP contribution in [0.4, 0.5) is 27.7 Å². The summed E-state index contributed by atoms with van der Waals surface area (Å²) in [6, 6.07) is 25.1. The van der Waals surface area contributed by atoms with Gasteiger partial charge in [-0.3, -0.25) is 20.6 Å². The number of hydrogen-bond acceptors (Lipinski definition) is 7. The molecule has 3 aliphatic heterocycles. The topological polar surface area (TPSA) is 129 Å². The number of nitrogens with one attached hydrogen (secondary N) is 5. The molecule has 0 radical (unpaired) electrons. The van der Waals surface area contributed by atoms with Gasteiger partial charge in [-0.1, -0.05) is 36.4 Å². The molecule has 0 bridgehead atoms. The molecular formula is C34H40N8O2. The average Bonchev–Trinajstić information content (AvgIpc) is 3.47. The molecule has 44 heavy (non-hydrogen) atoms. The number of likely N-dealkylation sites (tertiary alicyclic amines) is 1. The maximum Gasteiger partial charge on any atom is 0.319 e. The third kappa shape index (κ3) is 5.59. The number of rotatable bonds is 5. The minimum atomic E-state index is -0.171. The normalized spacial score (nSPS) is 16.1. The van der Waals surface area contributed by atoms with Gasteiger partial charge in [-0.25, -0.2) is 9.78 Å². The van der Waals surface area contributed by atoms with Gasteiger partial charge < -0.3 is 20.7 Å². The highest BCUT2D eigenvalue weighted by molar-refractivity contribution is 6.30. The lowest BCUT2D eigenvalue weighted by atomic mass is 10.0. The zero-order valence-corrected chi connectivity index (χ0v) is 24.3. The largest absolute Gasteiger partial charge is 0.493 e. The number of para-hydroxylation sites is 1. The monoisotopic (exact) mass is 592 g/mol. The van der Waals surface area contributed by atoms with Crippen LogP contribution in [0.2, 0.25) is 0 Å². The van der Waals surface area contributed by atoms with Gasteiger partial charge in [0.05, 0.1) is 18.0 Å². The van der Waals surface area contributed by atoms with Gasteiger partial charge >= 0.3 is 6.03 Å². The lowest BCUT2D eigenvalue weighted by Crippen LogP contribution is -2.45. The third-order valence-electron chi connectivity index (χ3n) is 8.41. The Hall–Kier alpha value is -5.22. The fraction of sp³-hybridized carbons (Fsp3) is 0.235. The first-order chi connectivity index (χ1) is 21.5. The quantitative estimate of drug-likeness (QED) is 0.134. The molecule has 1 aromatic heterocycles. The van der Waals surface area contributed by atoms with Gasteiger partial charge in [0.2, 0.25) is 0 Å². The van der Waals surface area contributed by atoms with Gasteiger partial charge in [-0.15, -0.1) is 0 Å². The van der Waals surface area contributed by atoms with Crippen molar-refractivity contribution in [2.75, 3.05) is 35.2 Å². The molecule has 0 spiro atoms. The fourth-order valence-electron chi connectivity index (χ4n) is 6.08. The first kappa shape index (κ1) is 27.6. The van der Waals surface area contributed by atoms with Crippen molar-refractivity contribution in [3.05, 3.63) is 107 Å². The van der Waals surface area contributed by atoms with Crippen LogP contribution in [0.5, 0.6) is 5.75 Å². The van der Waals surface area contributed by atoms with E-state index in [9.17, 15) is 4.79 Å². The number of anilines is 4. The summed E-state index contributed by atoms with van der Waals surface area (Å²) >= 11 is 0. The molecule has 7 rings (SSSR count). The number of aromatic nitrogens is 1. The zero-order valence-electron chi connectivity index (χ0n) is 24.3. The van der Waals surface area contributed by atoms with E-state index < -0.39 is 0 Å². The Morgan fingerprint density at radius 2 is 1.86 bits per heavy atom. The van der Waals surface area contributed by atoms with Crippen LogP contribution >= 0.6 is 0 Å². The number of ether oxygens (including phenoxy) is 1. The number of benzene rings is 3. The predicted molar refractivity (Wildman–Crippen MR) is 179 cm³/mol. The lowest BCUT2D eigenvalue weighted by Gasteiger charge is -2.32. The van der Waals surface area contributed by atoms with E-state index in [-0.39, 0.29) is 28.0 Å². The number of amidine groups is 2. The molecule has 4 aromatic rings. The number of carbonyl (C=O) groups is 1. The van der Waals surface area contributed by atoms with Crippen molar-refractivity contribution in [2.45, 2.75) is 31.8 Å². The molecule has 3 aliphatic rings. The van der Waals surface area contributed by atoms with Crippen LogP contribution in [0.25, 0.3) is 0 Å². The summed E-state index contributed by atoms with van der Waals surface area (Å²) in [5.41, 5.74) is 5.96. The smallest absolute Gasteiger partial charge is 0.319 e.